The minimum Gasteiger partial charge on any atom is -0.300 e. The highest BCUT2D eigenvalue weighted by Crippen LogP contribution is 2.21. The van der Waals surface area contributed by atoms with Crippen molar-refractivity contribution in [2.45, 2.75) is 13.8 Å². The van der Waals surface area contributed by atoms with E-state index < -0.39 is 0 Å². The number of halogens is 1. The fourth-order valence-corrected chi connectivity index (χ4v) is 3.08. The van der Waals surface area contributed by atoms with Gasteiger partial charge in [-0.15, -0.1) is 0 Å². The summed E-state index contributed by atoms with van der Waals surface area (Å²) in [7, 11) is 0. The van der Waals surface area contributed by atoms with Gasteiger partial charge in [-0.1, -0.05) is 34.1 Å². The number of aromatic nitrogens is 3. The molecule has 0 saturated carbocycles. The van der Waals surface area contributed by atoms with Gasteiger partial charge in [0, 0.05) is 34.3 Å². The minimum atomic E-state index is -0.130. The first-order chi connectivity index (χ1) is 12.0. The molecular formula is C20H16BrN3O. The highest BCUT2D eigenvalue weighted by molar-refractivity contribution is 9.10. The van der Waals surface area contributed by atoms with Crippen LogP contribution >= 0.6 is 15.9 Å². The van der Waals surface area contributed by atoms with E-state index in [-0.39, 0.29) is 5.56 Å². The number of imidazole rings is 1. The van der Waals surface area contributed by atoms with Gasteiger partial charge in [0.05, 0.1) is 5.69 Å². The molecule has 0 atom stereocenters. The van der Waals surface area contributed by atoms with E-state index in [0.29, 0.717) is 5.65 Å². The van der Waals surface area contributed by atoms with E-state index in [1.165, 1.54) is 5.56 Å². The lowest BCUT2D eigenvalue weighted by atomic mass is 10.1. The maximum absolute atomic E-state index is 12.9. The van der Waals surface area contributed by atoms with Crippen LogP contribution < -0.4 is 5.56 Å². The molecule has 0 aliphatic carbocycles. The summed E-state index contributed by atoms with van der Waals surface area (Å²) in [6.45, 7) is 4.10. The molecule has 0 unspecified atom stereocenters. The fraction of sp³-hybridized carbons (Fsp3) is 0.100. The van der Waals surface area contributed by atoms with Gasteiger partial charge in [0.15, 0.2) is 0 Å². The molecule has 0 N–H and O–H groups in total. The first kappa shape index (κ1) is 15.8. The van der Waals surface area contributed by atoms with E-state index in [1.54, 1.807) is 15.2 Å². The largest absolute Gasteiger partial charge is 0.300 e. The van der Waals surface area contributed by atoms with Gasteiger partial charge in [-0.2, -0.15) is 0 Å². The number of nitrogens with zero attached hydrogens (tertiary/aromatic N) is 3. The number of benzene rings is 2. The van der Waals surface area contributed by atoms with E-state index in [0.717, 1.165) is 27.0 Å². The van der Waals surface area contributed by atoms with Gasteiger partial charge in [-0.05, 0) is 49.2 Å². The topological polar surface area (TPSA) is 39.3 Å². The van der Waals surface area contributed by atoms with Crippen LogP contribution in [0.2, 0.25) is 0 Å². The summed E-state index contributed by atoms with van der Waals surface area (Å²) in [6, 6.07) is 13.9. The Morgan fingerprint density at radius 1 is 0.960 bits per heavy atom. The van der Waals surface area contributed by atoms with Crippen molar-refractivity contribution in [1.29, 1.82) is 0 Å². The molecule has 4 nitrogen and oxygen atoms in total. The predicted octanol–water partition coefficient (Wildman–Crippen LogP) is 4.53. The van der Waals surface area contributed by atoms with E-state index in [9.17, 15) is 4.79 Å². The summed E-state index contributed by atoms with van der Waals surface area (Å²) >= 11 is 3.43. The molecule has 5 heteroatoms. The zero-order valence-electron chi connectivity index (χ0n) is 13.9. The van der Waals surface area contributed by atoms with Crippen LogP contribution in [0.5, 0.6) is 0 Å². The first-order valence-electron chi connectivity index (χ1n) is 7.97. The van der Waals surface area contributed by atoms with E-state index in [1.807, 2.05) is 61.8 Å². The highest BCUT2D eigenvalue weighted by atomic mass is 79.9. The van der Waals surface area contributed by atoms with Crippen molar-refractivity contribution in [3.05, 3.63) is 87.0 Å². The highest BCUT2D eigenvalue weighted by Gasteiger charge is 2.10. The number of fused-ring (bicyclic) bond motifs is 1. The molecule has 2 aromatic heterocycles. The molecule has 0 aliphatic heterocycles. The van der Waals surface area contributed by atoms with Crippen LogP contribution in [-0.4, -0.2) is 14.0 Å². The van der Waals surface area contributed by atoms with Crippen LogP contribution in [-0.2, 0) is 0 Å². The van der Waals surface area contributed by atoms with Gasteiger partial charge in [-0.3, -0.25) is 9.36 Å². The molecule has 0 aliphatic rings. The molecule has 0 bridgehead atoms. The van der Waals surface area contributed by atoms with Crippen molar-refractivity contribution >= 4 is 21.6 Å². The van der Waals surface area contributed by atoms with E-state index in [4.69, 9.17) is 0 Å². The first-order valence-corrected chi connectivity index (χ1v) is 8.76. The second-order valence-electron chi connectivity index (χ2n) is 6.11. The summed E-state index contributed by atoms with van der Waals surface area (Å²) in [6.07, 6.45) is 5.53. The Morgan fingerprint density at radius 2 is 1.72 bits per heavy atom. The van der Waals surface area contributed by atoms with Crippen molar-refractivity contribution in [3.63, 3.8) is 0 Å². The van der Waals surface area contributed by atoms with Crippen LogP contribution in [0.4, 0.5) is 0 Å². The smallest absolute Gasteiger partial charge is 0.298 e. The molecule has 124 valence electrons. The average molecular weight is 394 g/mol. The summed E-state index contributed by atoms with van der Waals surface area (Å²) in [5.74, 6) is 0. The molecule has 4 rings (SSSR count). The number of rotatable bonds is 2. The summed E-state index contributed by atoms with van der Waals surface area (Å²) in [5, 5.41) is 0. The van der Waals surface area contributed by atoms with Crippen molar-refractivity contribution in [3.8, 4) is 16.9 Å². The molecule has 0 fully saturated rings. The molecular weight excluding hydrogens is 378 g/mol. The third kappa shape index (κ3) is 2.81. The van der Waals surface area contributed by atoms with Gasteiger partial charge in [0.2, 0.25) is 5.65 Å². The second-order valence-corrected chi connectivity index (χ2v) is 7.02. The lowest BCUT2D eigenvalue weighted by Crippen LogP contribution is -2.20. The molecule has 0 amide bonds. The van der Waals surface area contributed by atoms with Gasteiger partial charge in [-0.25, -0.2) is 4.98 Å². The standard InChI is InChI=1S/C20H16BrN3O/c1-13-3-8-17(11-14(13)2)24-10-9-23-12-18(22-19(23)20(24)25)15-4-6-16(21)7-5-15/h3-12H,1-2H3. The van der Waals surface area contributed by atoms with Gasteiger partial charge in [0.1, 0.15) is 0 Å². The molecule has 2 heterocycles. The zero-order chi connectivity index (χ0) is 17.6. The Morgan fingerprint density at radius 3 is 2.44 bits per heavy atom. The van der Waals surface area contributed by atoms with Crippen molar-refractivity contribution in [2.24, 2.45) is 0 Å². The summed E-state index contributed by atoms with van der Waals surface area (Å²) in [4.78, 5) is 17.4. The number of hydrogen-bond donors (Lipinski definition) is 0. The minimum absolute atomic E-state index is 0.130. The van der Waals surface area contributed by atoms with E-state index >= 15 is 0 Å². The third-order valence-electron chi connectivity index (χ3n) is 4.43. The fourth-order valence-electron chi connectivity index (χ4n) is 2.82. The Hall–Kier alpha value is -2.66. The SMILES string of the molecule is Cc1ccc(-n2ccn3cc(-c4ccc(Br)cc4)nc3c2=O)cc1C. The quantitative estimate of drug-likeness (QED) is 0.501. The summed E-state index contributed by atoms with van der Waals surface area (Å²) in [5.41, 5.74) is 5.25. The third-order valence-corrected chi connectivity index (χ3v) is 4.96. The molecule has 0 radical (unpaired) electrons. The van der Waals surface area contributed by atoms with Crippen LogP contribution in [0.25, 0.3) is 22.6 Å². The van der Waals surface area contributed by atoms with Crippen LogP contribution in [0.1, 0.15) is 11.1 Å². The molecule has 0 spiro atoms. The lowest BCUT2D eigenvalue weighted by molar-refractivity contribution is 0.947. The Bertz CT molecular complexity index is 1140. The Balaban J connectivity index is 1.86. The molecule has 4 aromatic rings. The van der Waals surface area contributed by atoms with Crippen LogP contribution in [0.15, 0.2) is 70.3 Å². The molecule has 0 saturated heterocycles. The Labute approximate surface area is 153 Å². The van der Waals surface area contributed by atoms with Gasteiger partial charge >= 0.3 is 0 Å². The van der Waals surface area contributed by atoms with Crippen molar-refractivity contribution in [1.82, 2.24) is 14.0 Å². The Kier molecular flexibility index (Phi) is 3.81. The monoisotopic (exact) mass is 393 g/mol. The van der Waals surface area contributed by atoms with Gasteiger partial charge < -0.3 is 4.40 Å². The normalized spacial score (nSPS) is 11.2. The van der Waals surface area contributed by atoms with Crippen molar-refractivity contribution in [2.75, 3.05) is 0 Å². The summed E-state index contributed by atoms with van der Waals surface area (Å²) < 4.78 is 4.43. The van der Waals surface area contributed by atoms with Crippen molar-refractivity contribution < 1.29 is 0 Å². The number of hydrogen-bond acceptors (Lipinski definition) is 2. The van der Waals surface area contributed by atoms with E-state index in [2.05, 4.69) is 27.8 Å². The molecule has 2 aromatic carbocycles. The zero-order valence-corrected chi connectivity index (χ0v) is 15.5. The maximum Gasteiger partial charge on any atom is 0.298 e. The van der Waals surface area contributed by atoms with Gasteiger partial charge in [0.25, 0.3) is 5.56 Å². The molecule has 25 heavy (non-hydrogen) atoms. The van der Waals surface area contributed by atoms with Crippen LogP contribution in [0, 0.1) is 13.8 Å². The predicted molar refractivity (Wildman–Crippen MR) is 103 cm³/mol. The van der Waals surface area contributed by atoms with Crippen LogP contribution in [0.3, 0.4) is 0 Å². The maximum atomic E-state index is 12.9. The second kappa shape index (κ2) is 6.01. The lowest BCUT2D eigenvalue weighted by Gasteiger charge is -2.08. The average Bonchev–Trinajstić information content (AvgIpc) is 3.04. The number of aryl methyl sites for hydroxylation is 2.